The third-order valence-corrected chi connectivity index (χ3v) is 3.12. The van der Waals surface area contributed by atoms with Gasteiger partial charge in [-0.2, -0.15) is 0 Å². The fourth-order valence-electron chi connectivity index (χ4n) is 2.10. The van der Waals surface area contributed by atoms with Crippen LogP contribution in [0.15, 0.2) is 24.3 Å². The van der Waals surface area contributed by atoms with Gasteiger partial charge in [-0.3, -0.25) is 0 Å². The molecule has 0 unspecified atom stereocenters. The van der Waals surface area contributed by atoms with Crippen molar-refractivity contribution in [3.8, 4) is 0 Å². The van der Waals surface area contributed by atoms with Crippen molar-refractivity contribution >= 4 is 6.03 Å². The summed E-state index contributed by atoms with van der Waals surface area (Å²) in [6.45, 7) is 1.39. The highest BCUT2D eigenvalue weighted by Crippen LogP contribution is 2.16. The van der Waals surface area contributed by atoms with Crippen LogP contribution in [0.5, 0.6) is 0 Å². The van der Waals surface area contributed by atoms with E-state index >= 15 is 0 Å². The average molecular weight is 252 g/mol. The Labute approximate surface area is 106 Å². The molecule has 1 aliphatic rings. The molecular formula is C13H17FN2O2. The third kappa shape index (κ3) is 3.20. The Morgan fingerprint density at radius 1 is 1.50 bits per heavy atom. The van der Waals surface area contributed by atoms with Gasteiger partial charge in [0.2, 0.25) is 0 Å². The highest BCUT2D eigenvalue weighted by atomic mass is 19.1. The topological polar surface area (TPSA) is 55.6 Å². The van der Waals surface area contributed by atoms with Crippen molar-refractivity contribution in [2.45, 2.75) is 25.6 Å². The Morgan fingerprint density at radius 2 is 2.28 bits per heavy atom. The number of likely N-dealkylation sites (tertiary alicyclic amines) is 1. The van der Waals surface area contributed by atoms with Crippen molar-refractivity contribution in [2.75, 3.05) is 13.1 Å². The quantitative estimate of drug-likeness (QED) is 0.893. The van der Waals surface area contributed by atoms with E-state index in [-0.39, 0.29) is 18.5 Å². The second kappa shape index (κ2) is 5.82. The molecule has 1 fully saturated rings. The lowest BCUT2D eigenvalue weighted by Crippen LogP contribution is -2.45. The minimum absolute atomic E-state index is 0.0640. The Kier molecular flexibility index (Phi) is 4.15. The van der Waals surface area contributed by atoms with Crippen LogP contribution in [0.4, 0.5) is 9.18 Å². The minimum atomic E-state index is -0.422. The highest BCUT2D eigenvalue weighted by Gasteiger charge is 2.22. The van der Waals surface area contributed by atoms with Crippen molar-refractivity contribution in [2.24, 2.45) is 5.73 Å². The zero-order valence-electron chi connectivity index (χ0n) is 10.1. The van der Waals surface area contributed by atoms with E-state index < -0.39 is 6.03 Å². The van der Waals surface area contributed by atoms with E-state index in [1.165, 1.54) is 6.07 Å². The molecule has 0 spiro atoms. The first-order valence-corrected chi connectivity index (χ1v) is 6.06. The van der Waals surface area contributed by atoms with Gasteiger partial charge in [0.1, 0.15) is 5.82 Å². The molecule has 2 rings (SSSR count). The smallest absolute Gasteiger partial charge is 0.314 e. The van der Waals surface area contributed by atoms with Gasteiger partial charge in [0.15, 0.2) is 0 Å². The fourth-order valence-corrected chi connectivity index (χ4v) is 2.10. The number of nitrogens with zero attached hydrogens (tertiary/aromatic N) is 1. The summed E-state index contributed by atoms with van der Waals surface area (Å²) in [5, 5.41) is 0. The molecule has 1 heterocycles. The number of urea groups is 1. The van der Waals surface area contributed by atoms with Crippen molar-refractivity contribution < 1.29 is 13.9 Å². The molecule has 18 heavy (non-hydrogen) atoms. The van der Waals surface area contributed by atoms with Gasteiger partial charge in [-0.15, -0.1) is 0 Å². The Bertz CT molecular complexity index is 425. The van der Waals surface area contributed by atoms with E-state index in [0.29, 0.717) is 18.7 Å². The molecule has 0 radical (unpaired) electrons. The largest absolute Gasteiger partial charge is 0.372 e. The van der Waals surface area contributed by atoms with Crippen LogP contribution in [-0.2, 0) is 11.3 Å². The van der Waals surface area contributed by atoms with Gasteiger partial charge in [-0.1, -0.05) is 18.2 Å². The minimum Gasteiger partial charge on any atom is -0.372 e. The third-order valence-electron chi connectivity index (χ3n) is 3.12. The van der Waals surface area contributed by atoms with Gasteiger partial charge in [-0.25, -0.2) is 9.18 Å². The Hall–Kier alpha value is -1.62. The van der Waals surface area contributed by atoms with E-state index in [4.69, 9.17) is 10.5 Å². The first-order valence-electron chi connectivity index (χ1n) is 6.06. The standard InChI is InChI=1S/C13H17FN2O2/c14-12-6-2-1-4-10(12)9-18-11-5-3-7-16(8-11)13(15)17/h1-2,4,6,11H,3,5,7-9H2,(H2,15,17)/t11-/m0/s1. The van der Waals surface area contributed by atoms with Crippen molar-refractivity contribution in [1.29, 1.82) is 0 Å². The lowest BCUT2D eigenvalue weighted by molar-refractivity contribution is -0.000489. The molecule has 1 aliphatic heterocycles. The Balaban J connectivity index is 1.87. The zero-order valence-corrected chi connectivity index (χ0v) is 10.1. The molecule has 4 nitrogen and oxygen atoms in total. The summed E-state index contributed by atoms with van der Waals surface area (Å²) in [6.07, 6.45) is 1.68. The van der Waals surface area contributed by atoms with E-state index in [2.05, 4.69) is 0 Å². The SMILES string of the molecule is NC(=O)N1CCC[C@H](OCc2ccccc2F)C1. The number of primary amides is 1. The molecule has 0 aromatic heterocycles. The average Bonchev–Trinajstić information content (AvgIpc) is 2.38. The monoisotopic (exact) mass is 252 g/mol. The number of carbonyl (C=O) groups is 1. The molecule has 5 heteroatoms. The van der Waals surface area contributed by atoms with E-state index in [9.17, 15) is 9.18 Å². The summed E-state index contributed by atoms with van der Waals surface area (Å²) in [6, 6.07) is 6.11. The maximum atomic E-state index is 13.4. The lowest BCUT2D eigenvalue weighted by Gasteiger charge is -2.31. The summed E-state index contributed by atoms with van der Waals surface area (Å²) in [4.78, 5) is 12.6. The summed E-state index contributed by atoms with van der Waals surface area (Å²) in [7, 11) is 0. The second-order valence-corrected chi connectivity index (χ2v) is 4.45. The maximum absolute atomic E-state index is 13.4. The van der Waals surface area contributed by atoms with Gasteiger partial charge in [0, 0.05) is 18.7 Å². The normalized spacial score (nSPS) is 19.8. The molecule has 1 saturated heterocycles. The summed E-state index contributed by atoms with van der Waals surface area (Å²) in [5.74, 6) is -0.264. The predicted octanol–water partition coefficient (Wildman–Crippen LogP) is 1.89. The van der Waals surface area contributed by atoms with Gasteiger partial charge in [-0.05, 0) is 18.9 Å². The molecular weight excluding hydrogens is 235 g/mol. The van der Waals surface area contributed by atoms with Crippen LogP contribution >= 0.6 is 0 Å². The number of nitrogens with two attached hydrogens (primary N) is 1. The van der Waals surface area contributed by atoms with Gasteiger partial charge in [0.05, 0.1) is 12.7 Å². The van der Waals surface area contributed by atoms with E-state index in [1.807, 2.05) is 0 Å². The number of carbonyl (C=O) groups excluding carboxylic acids is 1. The maximum Gasteiger partial charge on any atom is 0.314 e. The summed E-state index contributed by atoms with van der Waals surface area (Å²) in [5.41, 5.74) is 5.77. The number of halogens is 1. The fraction of sp³-hybridized carbons (Fsp3) is 0.462. The molecule has 98 valence electrons. The summed E-state index contributed by atoms with van der Waals surface area (Å²) < 4.78 is 19.0. The molecule has 0 bridgehead atoms. The van der Waals surface area contributed by atoms with Crippen molar-refractivity contribution in [3.05, 3.63) is 35.6 Å². The van der Waals surface area contributed by atoms with Crippen LogP contribution in [0.1, 0.15) is 18.4 Å². The van der Waals surface area contributed by atoms with Crippen LogP contribution in [0.3, 0.4) is 0 Å². The van der Waals surface area contributed by atoms with Crippen LogP contribution in [-0.4, -0.2) is 30.1 Å². The number of piperidine rings is 1. The first kappa shape index (κ1) is 12.8. The van der Waals surface area contributed by atoms with E-state index in [1.54, 1.807) is 23.1 Å². The lowest BCUT2D eigenvalue weighted by atomic mass is 10.1. The first-order chi connectivity index (χ1) is 8.66. The molecule has 2 amide bonds. The summed E-state index contributed by atoms with van der Waals surface area (Å²) >= 11 is 0. The predicted molar refractivity (Wildman–Crippen MR) is 65.4 cm³/mol. The van der Waals surface area contributed by atoms with Crippen LogP contribution < -0.4 is 5.73 Å². The number of hydrogen-bond donors (Lipinski definition) is 1. The van der Waals surface area contributed by atoms with Gasteiger partial charge < -0.3 is 15.4 Å². The highest BCUT2D eigenvalue weighted by molar-refractivity contribution is 5.72. The van der Waals surface area contributed by atoms with Crippen LogP contribution in [0.25, 0.3) is 0 Å². The van der Waals surface area contributed by atoms with E-state index in [0.717, 1.165) is 12.8 Å². The molecule has 2 N–H and O–H groups in total. The molecule has 1 aromatic carbocycles. The number of benzene rings is 1. The van der Waals surface area contributed by atoms with Gasteiger partial charge in [0.25, 0.3) is 0 Å². The van der Waals surface area contributed by atoms with Crippen molar-refractivity contribution in [1.82, 2.24) is 4.90 Å². The Morgan fingerprint density at radius 3 is 3.00 bits per heavy atom. The molecule has 0 aliphatic carbocycles. The van der Waals surface area contributed by atoms with Gasteiger partial charge >= 0.3 is 6.03 Å². The van der Waals surface area contributed by atoms with Crippen LogP contribution in [0, 0.1) is 5.82 Å². The molecule has 1 aromatic rings. The number of ether oxygens (including phenoxy) is 1. The number of rotatable bonds is 3. The second-order valence-electron chi connectivity index (χ2n) is 4.45. The van der Waals surface area contributed by atoms with Crippen LogP contribution in [0.2, 0.25) is 0 Å². The number of amides is 2. The number of hydrogen-bond acceptors (Lipinski definition) is 2. The molecule has 1 atom stereocenters. The molecule has 0 saturated carbocycles. The zero-order chi connectivity index (χ0) is 13.0. The van der Waals surface area contributed by atoms with Crippen molar-refractivity contribution in [3.63, 3.8) is 0 Å².